The van der Waals surface area contributed by atoms with Crippen molar-refractivity contribution in [1.29, 1.82) is 0 Å². The minimum Gasteiger partial charge on any atom is -0.494 e. The van der Waals surface area contributed by atoms with Crippen LogP contribution in [0.5, 0.6) is 5.75 Å². The van der Waals surface area contributed by atoms with Crippen LogP contribution in [-0.4, -0.2) is 27.5 Å². The standard InChI is InChI=1S/C20H21ClN4O2/c1-4-27-17-11-7-15(8-12-17)22-20(26)18-19(13(2)3)25(24-23-18)16-9-5-14(21)6-10-16/h5-13H,4H2,1-3H3,(H,22,26). The highest BCUT2D eigenvalue weighted by molar-refractivity contribution is 6.30. The van der Waals surface area contributed by atoms with E-state index in [1.165, 1.54) is 0 Å². The summed E-state index contributed by atoms with van der Waals surface area (Å²) in [5, 5.41) is 11.8. The third kappa shape index (κ3) is 4.28. The molecule has 0 aliphatic rings. The van der Waals surface area contributed by atoms with Gasteiger partial charge in [-0.05, 0) is 61.4 Å². The molecule has 1 aromatic heterocycles. The number of aromatic nitrogens is 3. The van der Waals surface area contributed by atoms with Gasteiger partial charge in [0.1, 0.15) is 5.75 Å². The van der Waals surface area contributed by atoms with Crippen LogP contribution in [0.3, 0.4) is 0 Å². The van der Waals surface area contributed by atoms with Gasteiger partial charge in [-0.15, -0.1) is 5.10 Å². The summed E-state index contributed by atoms with van der Waals surface area (Å²) in [7, 11) is 0. The monoisotopic (exact) mass is 384 g/mol. The van der Waals surface area contributed by atoms with Gasteiger partial charge in [-0.2, -0.15) is 0 Å². The largest absolute Gasteiger partial charge is 0.494 e. The van der Waals surface area contributed by atoms with E-state index >= 15 is 0 Å². The molecule has 0 aliphatic carbocycles. The van der Waals surface area contributed by atoms with Crippen LogP contribution in [0, 0.1) is 0 Å². The predicted octanol–water partition coefficient (Wildman–Crippen LogP) is 4.70. The average molecular weight is 385 g/mol. The number of hydrogen-bond acceptors (Lipinski definition) is 4. The summed E-state index contributed by atoms with van der Waals surface area (Å²) < 4.78 is 7.09. The summed E-state index contributed by atoms with van der Waals surface area (Å²) in [6, 6.07) is 14.5. The van der Waals surface area contributed by atoms with Crippen LogP contribution in [0.15, 0.2) is 48.5 Å². The average Bonchev–Trinajstić information content (AvgIpc) is 3.10. The molecule has 0 atom stereocenters. The van der Waals surface area contributed by atoms with Gasteiger partial charge in [0.25, 0.3) is 5.91 Å². The second kappa shape index (κ2) is 8.22. The van der Waals surface area contributed by atoms with Crippen LogP contribution in [0.1, 0.15) is 42.9 Å². The Labute approximate surface area is 163 Å². The normalized spacial score (nSPS) is 10.9. The summed E-state index contributed by atoms with van der Waals surface area (Å²) in [6.07, 6.45) is 0. The number of nitrogens with zero attached hydrogens (tertiary/aromatic N) is 3. The Morgan fingerprint density at radius 2 is 1.81 bits per heavy atom. The van der Waals surface area contributed by atoms with Crippen molar-refractivity contribution in [3.05, 3.63) is 64.9 Å². The van der Waals surface area contributed by atoms with Gasteiger partial charge in [-0.1, -0.05) is 30.7 Å². The number of nitrogens with one attached hydrogen (secondary N) is 1. The van der Waals surface area contributed by atoms with Gasteiger partial charge in [-0.3, -0.25) is 4.79 Å². The quantitative estimate of drug-likeness (QED) is 0.669. The number of carbonyl (C=O) groups excluding carboxylic acids is 1. The van der Waals surface area contributed by atoms with Crippen LogP contribution in [0.4, 0.5) is 5.69 Å². The summed E-state index contributed by atoms with van der Waals surface area (Å²) in [4.78, 5) is 12.8. The first-order valence-corrected chi connectivity index (χ1v) is 9.13. The first-order valence-electron chi connectivity index (χ1n) is 8.75. The molecule has 0 aliphatic heterocycles. The van der Waals surface area contributed by atoms with Gasteiger partial charge in [0.05, 0.1) is 18.0 Å². The lowest BCUT2D eigenvalue weighted by molar-refractivity contribution is 0.102. The van der Waals surface area contributed by atoms with Crippen molar-refractivity contribution in [2.24, 2.45) is 0 Å². The highest BCUT2D eigenvalue weighted by Crippen LogP contribution is 2.24. The van der Waals surface area contributed by atoms with E-state index in [2.05, 4.69) is 15.6 Å². The summed E-state index contributed by atoms with van der Waals surface area (Å²) in [6.45, 7) is 6.52. The van der Waals surface area contributed by atoms with Crippen molar-refractivity contribution >= 4 is 23.2 Å². The zero-order chi connectivity index (χ0) is 19.4. The zero-order valence-corrected chi connectivity index (χ0v) is 16.2. The lowest BCUT2D eigenvalue weighted by Crippen LogP contribution is -2.16. The van der Waals surface area contributed by atoms with E-state index in [1.54, 1.807) is 28.9 Å². The minimum atomic E-state index is -0.303. The Kier molecular flexibility index (Phi) is 5.76. The lowest BCUT2D eigenvalue weighted by atomic mass is 10.1. The Balaban J connectivity index is 1.87. The summed E-state index contributed by atoms with van der Waals surface area (Å²) in [5.74, 6) is 0.506. The number of amides is 1. The van der Waals surface area contributed by atoms with E-state index in [0.717, 1.165) is 17.1 Å². The van der Waals surface area contributed by atoms with E-state index in [-0.39, 0.29) is 11.8 Å². The van der Waals surface area contributed by atoms with E-state index < -0.39 is 0 Å². The third-order valence-electron chi connectivity index (χ3n) is 3.96. The molecule has 3 rings (SSSR count). The number of benzene rings is 2. The first kappa shape index (κ1) is 18.9. The fourth-order valence-corrected chi connectivity index (χ4v) is 2.86. The van der Waals surface area contributed by atoms with E-state index in [9.17, 15) is 4.79 Å². The smallest absolute Gasteiger partial charge is 0.278 e. The van der Waals surface area contributed by atoms with Gasteiger partial charge in [0, 0.05) is 10.7 Å². The van der Waals surface area contributed by atoms with Crippen molar-refractivity contribution in [2.45, 2.75) is 26.7 Å². The highest BCUT2D eigenvalue weighted by Gasteiger charge is 2.23. The molecule has 3 aromatic rings. The molecule has 27 heavy (non-hydrogen) atoms. The molecule has 0 unspecified atom stereocenters. The molecule has 0 saturated carbocycles. The third-order valence-corrected chi connectivity index (χ3v) is 4.21. The van der Waals surface area contributed by atoms with Crippen molar-refractivity contribution in [3.8, 4) is 11.4 Å². The number of halogens is 1. The Bertz CT molecular complexity index is 918. The van der Waals surface area contributed by atoms with Crippen LogP contribution < -0.4 is 10.1 Å². The van der Waals surface area contributed by atoms with E-state index in [4.69, 9.17) is 16.3 Å². The van der Waals surface area contributed by atoms with Crippen LogP contribution in [-0.2, 0) is 0 Å². The van der Waals surface area contributed by atoms with Gasteiger partial charge in [-0.25, -0.2) is 4.68 Å². The molecule has 1 heterocycles. The minimum absolute atomic E-state index is 0.0526. The molecule has 2 aromatic carbocycles. The SMILES string of the molecule is CCOc1ccc(NC(=O)c2nnn(-c3ccc(Cl)cc3)c2C(C)C)cc1. The fraction of sp³-hybridized carbons (Fsp3) is 0.250. The zero-order valence-electron chi connectivity index (χ0n) is 15.4. The highest BCUT2D eigenvalue weighted by atomic mass is 35.5. The van der Waals surface area contributed by atoms with Gasteiger partial charge >= 0.3 is 0 Å². The maximum Gasteiger partial charge on any atom is 0.278 e. The molecule has 7 heteroatoms. The van der Waals surface area contributed by atoms with Crippen LogP contribution in [0.2, 0.25) is 5.02 Å². The maximum atomic E-state index is 12.8. The van der Waals surface area contributed by atoms with Crippen molar-refractivity contribution in [1.82, 2.24) is 15.0 Å². The molecule has 6 nitrogen and oxygen atoms in total. The second-order valence-electron chi connectivity index (χ2n) is 6.28. The van der Waals surface area contributed by atoms with Gasteiger partial charge in [0.15, 0.2) is 5.69 Å². The number of ether oxygens (including phenoxy) is 1. The van der Waals surface area contributed by atoms with Gasteiger partial charge < -0.3 is 10.1 Å². The Morgan fingerprint density at radius 3 is 2.41 bits per heavy atom. The molecule has 1 amide bonds. The molecule has 1 N–H and O–H groups in total. The second-order valence-corrected chi connectivity index (χ2v) is 6.71. The number of rotatable bonds is 6. The van der Waals surface area contributed by atoms with E-state index in [1.807, 2.05) is 45.0 Å². The summed E-state index contributed by atoms with van der Waals surface area (Å²) in [5.41, 5.74) is 2.50. The molecule has 0 fully saturated rings. The molecule has 0 spiro atoms. The lowest BCUT2D eigenvalue weighted by Gasteiger charge is -2.11. The predicted molar refractivity (Wildman–Crippen MR) is 106 cm³/mol. The molecule has 140 valence electrons. The fourth-order valence-electron chi connectivity index (χ4n) is 2.73. The topological polar surface area (TPSA) is 69.0 Å². The molecule has 0 bridgehead atoms. The molecule has 0 saturated heterocycles. The van der Waals surface area contributed by atoms with Gasteiger partial charge in [0.2, 0.25) is 0 Å². The number of anilines is 1. The summed E-state index contributed by atoms with van der Waals surface area (Å²) >= 11 is 5.96. The number of carbonyl (C=O) groups is 1. The first-order chi connectivity index (χ1) is 13.0. The maximum absolute atomic E-state index is 12.8. The van der Waals surface area contributed by atoms with Crippen LogP contribution >= 0.6 is 11.6 Å². The van der Waals surface area contributed by atoms with Crippen molar-refractivity contribution < 1.29 is 9.53 Å². The van der Waals surface area contributed by atoms with E-state index in [0.29, 0.717) is 23.0 Å². The molecular weight excluding hydrogens is 364 g/mol. The molecular formula is C20H21ClN4O2. The number of hydrogen-bond donors (Lipinski definition) is 1. The van der Waals surface area contributed by atoms with Crippen molar-refractivity contribution in [2.75, 3.05) is 11.9 Å². The Hall–Kier alpha value is -2.86. The van der Waals surface area contributed by atoms with Crippen LogP contribution in [0.25, 0.3) is 5.69 Å². The van der Waals surface area contributed by atoms with Crippen molar-refractivity contribution in [3.63, 3.8) is 0 Å². The Morgan fingerprint density at radius 1 is 1.15 bits per heavy atom. The molecule has 0 radical (unpaired) electrons.